The van der Waals surface area contributed by atoms with Crippen LogP contribution in [0.15, 0.2) is 54.6 Å². The number of hydrogen-bond donors (Lipinski definition) is 3. The average molecular weight is 568 g/mol. The molecular formula is C32H37N7O3. The fourth-order valence-corrected chi connectivity index (χ4v) is 6.25. The van der Waals surface area contributed by atoms with Crippen molar-refractivity contribution in [3.05, 3.63) is 71.5 Å². The van der Waals surface area contributed by atoms with E-state index in [1.807, 2.05) is 43.3 Å². The number of aromatic nitrogens is 4. The van der Waals surface area contributed by atoms with Gasteiger partial charge in [-0.15, -0.1) is 0 Å². The van der Waals surface area contributed by atoms with Crippen LogP contribution in [0.1, 0.15) is 55.6 Å². The van der Waals surface area contributed by atoms with Crippen LogP contribution >= 0.6 is 0 Å². The third kappa shape index (κ3) is 5.72. The number of benzene rings is 2. The number of rotatable bonds is 6. The highest BCUT2D eigenvalue weighted by Gasteiger charge is 2.32. The molecule has 2 aromatic heterocycles. The molecule has 1 aliphatic carbocycles. The summed E-state index contributed by atoms with van der Waals surface area (Å²) in [7, 11) is 0. The van der Waals surface area contributed by atoms with Crippen LogP contribution in [0.5, 0.6) is 0 Å². The molecule has 1 aliphatic heterocycles. The van der Waals surface area contributed by atoms with Crippen molar-refractivity contribution in [2.45, 2.75) is 52.1 Å². The SMILES string of the molecule is Cc1cccc(-c2nc(C(=N)NC(=O)O)nc3nc(N4CCOC[C@H]4c4ccccc4)n(C[C@H]4CC[C@H](C)CC4)c23)c1. The van der Waals surface area contributed by atoms with E-state index >= 15 is 0 Å². The summed E-state index contributed by atoms with van der Waals surface area (Å²) in [6.45, 7) is 6.94. The van der Waals surface area contributed by atoms with Gasteiger partial charge in [-0.25, -0.2) is 14.8 Å². The molecule has 1 saturated carbocycles. The first kappa shape index (κ1) is 27.8. The number of fused-ring (bicyclic) bond motifs is 1. The molecule has 1 atom stereocenters. The second kappa shape index (κ2) is 11.9. The number of imidazole rings is 1. The number of morpholine rings is 1. The van der Waals surface area contributed by atoms with Gasteiger partial charge in [0.05, 0.1) is 19.3 Å². The van der Waals surface area contributed by atoms with Gasteiger partial charge >= 0.3 is 6.09 Å². The Morgan fingerprint density at radius 1 is 1.07 bits per heavy atom. The molecule has 2 aliphatic rings. The molecule has 2 fully saturated rings. The van der Waals surface area contributed by atoms with Crippen molar-refractivity contribution in [1.82, 2.24) is 24.8 Å². The first-order valence-corrected chi connectivity index (χ1v) is 14.7. The standard InChI is InChI=1S/C32H37N7O3/c1-20-11-13-22(14-12-20)18-39-27-26(24-10-6-7-21(2)17-24)34-30(28(33)35-32(40)41)36-29(27)37-31(39)38-15-16-42-19-25(38)23-8-4-3-5-9-23/h3-10,17,20,22,25H,11-16,18-19H2,1-2H3,(H2,33,35)(H,40,41)/t20-,22-,25-/m0/s1. The number of carboxylic acid groups (broad SMARTS) is 1. The second-order valence-electron chi connectivity index (χ2n) is 11.6. The highest BCUT2D eigenvalue weighted by molar-refractivity contribution is 6.03. The summed E-state index contributed by atoms with van der Waals surface area (Å²) in [6, 6.07) is 18.4. The largest absolute Gasteiger partial charge is 0.465 e. The Labute approximate surface area is 245 Å². The molecule has 6 rings (SSSR count). The lowest BCUT2D eigenvalue weighted by Crippen LogP contribution is -2.41. The molecule has 10 nitrogen and oxygen atoms in total. The molecule has 4 aromatic rings. The smallest absolute Gasteiger partial charge is 0.410 e. The first-order valence-electron chi connectivity index (χ1n) is 14.7. The van der Waals surface area contributed by atoms with Crippen molar-refractivity contribution in [3.63, 3.8) is 0 Å². The Bertz CT molecular complexity index is 1590. The summed E-state index contributed by atoms with van der Waals surface area (Å²) in [5.74, 6) is 1.64. The molecule has 3 N–H and O–H groups in total. The third-order valence-corrected chi connectivity index (χ3v) is 8.48. The number of ether oxygens (including phenoxy) is 1. The molecular weight excluding hydrogens is 530 g/mol. The normalized spacial score (nSPS) is 20.9. The maximum absolute atomic E-state index is 11.4. The summed E-state index contributed by atoms with van der Waals surface area (Å²) < 4.78 is 8.24. The Hall–Kier alpha value is -4.31. The molecule has 3 heterocycles. The zero-order valence-electron chi connectivity index (χ0n) is 24.1. The molecule has 0 radical (unpaired) electrons. The lowest BCUT2D eigenvalue weighted by molar-refractivity contribution is 0.0927. The van der Waals surface area contributed by atoms with Crippen LogP contribution in [-0.2, 0) is 11.3 Å². The summed E-state index contributed by atoms with van der Waals surface area (Å²) in [5, 5.41) is 19.8. The number of nitrogens with one attached hydrogen (secondary N) is 2. The summed E-state index contributed by atoms with van der Waals surface area (Å²) >= 11 is 0. The van der Waals surface area contributed by atoms with E-state index in [2.05, 4.69) is 44.9 Å². The topological polar surface area (TPSA) is 129 Å². The zero-order chi connectivity index (χ0) is 29.2. The minimum absolute atomic E-state index is 0.00863. The van der Waals surface area contributed by atoms with Crippen LogP contribution in [0, 0.1) is 24.2 Å². The number of aryl methyl sites for hydroxylation is 1. The van der Waals surface area contributed by atoms with Crippen molar-refractivity contribution in [2.75, 3.05) is 24.7 Å². The van der Waals surface area contributed by atoms with E-state index in [0.717, 1.165) is 53.5 Å². The van der Waals surface area contributed by atoms with Crippen molar-refractivity contribution < 1.29 is 14.6 Å². The molecule has 0 spiro atoms. The predicted octanol–water partition coefficient (Wildman–Crippen LogP) is 5.80. The number of amides is 1. The summed E-state index contributed by atoms with van der Waals surface area (Å²) in [4.78, 5) is 28.3. The number of nitrogens with zero attached hydrogens (tertiary/aromatic N) is 5. The van der Waals surface area contributed by atoms with E-state index in [1.165, 1.54) is 12.8 Å². The van der Waals surface area contributed by atoms with Crippen LogP contribution in [0.2, 0.25) is 0 Å². The number of hydrogen-bond acceptors (Lipinski definition) is 7. The lowest BCUT2D eigenvalue weighted by Gasteiger charge is -2.37. The summed E-state index contributed by atoms with van der Waals surface area (Å²) in [6.07, 6.45) is 3.38. The van der Waals surface area contributed by atoms with E-state index in [-0.39, 0.29) is 17.7 Å². The lowest BCUT2D eigenvalue weighted by atomic mass is 9.83. The molecule has 42 heavy (non-hydrogen) atoms. The van der Waals surface area contributed by atoms with Gasteiger partial charge in [0.25, 0.3) is 0 Å². The number of anilines is 1. The second-order valence-corrected chi connectivity index (χ2v) is 11.6. The maximum Gasteiger partial charge on any atom is 0.410 e. The van der Waals surface area contributed by atoms with Gasteiger partial charge in [-0.05, 0) is 43.2 Å². The van der Waals surface area contributed by atoms with E-state index in [0.29, 0.717) is 37.0 Å². The van der Waals surface area contributed by atoms with E-state index in [1.54, 1.807) is 0 Å². The molecule has 1 amide bonds. The molecule has 0 bridgehead atoms. The number of carbonyl (C=O) groups is 1. The Kier molecular flexibility index (Phi) is 7.88. The zero-order valence-corrected chi connectivity index (χ0v) is 24.1. The molecule has 1 saturated heterocycles. The van der Waals surface area contributed by atoms with Crippen molar-refractivity contribution in [2.24, 2.45) is 11.8 Å². The molecule has 218 valence electrons. The monoisotopic (exact) mass is 567 g/mol. The minimum Gasteiger partial charge on any atom is -0.465 e. The first-order chi connectivity index (χ1) is 20.4. The average Bonchev–Trinajstić information content (AvgIpc) is 3.36. The van der Waals surface area contributed by atoms with E-state index in [9.17, 15) is 9.90 Å². The quantitative estimate of drug-likeness (QED) is 0.198. The predicted molar refractivity (Wildman–Crippen MR) is 162 cm³/mol. The fraction of sp³-hybridized carbons (Fsp3) is 0.406. The Balaban J connectivity index is 1.56. The van der Waals surface area contributed by atoms with Crippen LogP contribution < -0.4 is 10.2 Å². The molecule has 10 heteroatoms. The van der Waals surface area contributed by atoms with Gasteiger partial charge < -0.3 is 19.3 Å². The highest BCUT2D eigenvalue weighted by Crippen LogP contribution is 2.38. The highest BCUT2D eigenvalue weighted by atomic mass is 16.5. The van der Waals surface area contributed by atoms with Gasteiger partial charge in [0.1, 0.15) is 11.2 Å². The van der Waals surface area contributed by atoms with Crippen LogP contribution in [0.3, 0.4) is 0 Å². The van der Waals surface area contributed by atoms with Crippen molar-refractivity contribution in [1.29, 1.82) is 5.41 Å². The number of amidine groups is 1. The maximum atomic E-state index is 11.4. The third-order valence-electron chi connectivity index (χ3n) is 8.48. The Morgan fingerprint density at radius 2 is 1.86 bits per heavy atom. The van der Waals surface area contributed by atoms with E-state index in [4.69, 9.17) is 20.1 Å². The van der Waals surface area contributed by atoms with E-state index < -0.39 is 6.09 Å². The molecule has 0 unspecified atom stereocenters. The van der Waals surface area contributed by atoms with Crippen molar-refractivity contribution in [3.8, 4) is 11.3 Å². The fourth-order valence-electron chi connectivity index (χ4n) is 6.25. The van der Waals surface area contributed by atoms with Gasteiger partial charge in [0.15, 0.2) is 17.3 Å². The Morgan fingerprint density at radius 3 is 2.60 bits per heavy atom. The van der Waals surface area contributed by atoms with Gasteiger partial charge in [-0.1, -0.05) is 73.9 Å². The van der Waals surface area contributed by atoms with Crippen LogP contribution in [-0.4, -0.2) is 56.3 Å². The van der Waals surface area contributed by atoms with Gasteiger partial charge in [-0.3, -0.25) is 10.7 Å². The van der Waals surface area contributed by atoms with Crippen LogP contribution in [0.4, 0.5) is 10.7 Å². The molecule has 2 aromatic carbocycles. The van der Waals surface area contributed by atoms with Crippen molar-refractivity contribution >= 4 is 29.0 Å². The summed E-state index contributed by atoms with van der Waals surface area (Å²) in [5.41, 5.74) is 5.00. The van der Waals surface area contributed by atoms with Gasteiger partial charge in [0.2, 0.25) is 5.95 Å². The van der Waals surface area contributed by atoms with Crippen LogP contribution in [0.25, 0.3) is 22.4 Å². The van der Waals surface area contributed by atoms with Gasteiger partial charge in [0, 0.05) is 18.7 Å². The van der Waals surface area contributed by atoms with Gasteiger partial charge in [-0.2, -0.15) is 4.98 Å². The minimum atomic E-state index is -1.34.